The molecule has 19 heteroatoms. The maximum atomic E-state index is 11.3. The monoisotopic (exact) mass is 1180 g/mol. The molecule has 0 aliphatic heterocycles. The Morgan fingerprint density at radius 3 is 0.784 bits per heavy atom. The van der Waals surface area contributed by atoms with Crippen LogP contribution in [0.15, 0.2) is 221 Å². The van der Waals surface area contributed by atoms with E-state index in [1.165, 1.54) is 98.5 Å². The summed E-state index contributed by atoms with van der Waals surface area (Å²) >= 11 is 0. The van der Waals surface area contributed by atoms with Gasteiger partial charge in [0.1, 0.15) is 43.4 Å². The van der Waals surface area contributed by atoms with Crippen LogP contribution in [-0.4, -0.2) is 38.9 Å². The van der Waals surface area contributed by atoms with Crippen molar-refractivity contribution in [1.29, 1.82) is 0 Å². The molecule has 14 nitrogen and oxygen atoms in total. The van der Waals surface area contributed by atoms with Crippen molar-refractivity contribution in [3.63, 3.8) is 0 Å². The molecule has 0 unspecified atom stereocenters. The first kappa shape index (κ1) is 60.3. The van der Waals surface area contributed by atoms with Gasteiger partial charge in [0.2, 0.25) is 0 Å². The summed E-state index contributed by atoms with van der Waals surface area (Å²) in [6, 6.07) is 51.8. The van der Waals surface area contributed by atoms with E-state index in [-0.39, 0.29) is 54.6 Å². The summed E-state index contributed by atoms with van der Waals surface area (Å²) in [7, 11) is -13.7. The summed E-state index contributed by atoms with van der Waals surface area (Å²) in [5.74, 6) is -0.234. The first-order valence-corrected chi connectivity index (χ1v) is 27.4. The van der Waals surface area contributed by atoms with E-state index in [1.54, 1.807) is 0 Å². The van der Waals surface area contributed by atoms with Crippen molar-refractivity contribution in [2.45, 2.75) is 73.2 Å². The second-order valence-electron chi connectivity index (χ2n) is 16.5. The van der Waals surface area contributed by atoms with Crippen molar-refractivity contribution < 1.29 is 82.0 Å². The zero-order valence-electron chi connectivity index (χ0n) is 40.5. The highest BCUT2D eigenvalue weighted by Gasteiger charge is 2.18. The number of halogens is 2. The first-order valence-electron chi connectivity index (χ1n) is 23.2. The molecule has 0 aliphatic carbocycles. The Hall–Kier alpha value is -6.29. The second kappa shape index (κ2) is 29.0. The van der Waals surface area contributed by atoms with Crippen molar-refractivity contribution in [1.82, 2.24) is 0 Å². The number of rotatable bonds is 18. The number of hydrogen-bond donors (Lipinski definition) is 3. The molecule has 0 fully saturated rings. The van der Waals surface area contributed by atoms with Crippen LogP contribution in [0.5, 0.6) is 0 Å². The fourth-order valence-electron chi connectivity index (χ4n) is 7.32. The lowest BCUT2D eigenvalue weighted by molar-refractivity contribution is -0.697. The van der Waals surface area contributed by atoms with Gasteiger partial charge in [-0.05, 0) is 126 Å². The fraction of sp³-hybridized carbons (Fsp3) is 0.164. The SMILES string of the molecule is CCCC[n+]1ccccc1.CCCC[n+]1ccccc1.O=S(=O)([O-])c1ccc(Nc2ccc(C(c3ccc(Nc4ccc(S(=O)(=O)[O-])cc4)cc3)c3ccc(Nc4ccc(S(=O)(=O)[O-])cc4)cc3)cc2)cc1.[Br-].[Br-]. The smallest absolute Gasteiger partial charge is 0.168 e. The van der Waals surface area contributed by atoms with E-state index < -0.39 is 30.4 Å². The standard InChI is InChI=1S/C37H31N3O9S3.2C9H14N.2BrH/c41-50(42,43)34-19-13-31(14-20-34)38-28-7-1-25(2-8-28)37(26-3-9-29(10-4-26)39-32-15-21-35(22-16-32)51(44,45)46)27-5-11-30(12-6-27)40-33-17-23-36(24-18-33)52(47,48)49;2*1-2-3-7-10-8-5-4-6-9-10;;/h1-24,37-40H,(H,41,42,43)(H,44,45,46)(H,47,48,49);2*4-6,8-9H,2-3,7H2,1H3;2*1H/q;2*+1;;/p-5. The Bertz CT molecular complexity index is 2940. The van der Waals surface area contributed by atoms with Gasteiger partial charge in [0.05, 0.1) is 14.7 Å². The summed E-state index contributed by atoms with van der Waals surface area (Å²) in [6.07, 6.45) is 13.5. The van der Waals surface area contributed by atoms with E-state index in [0.29, 0.717) is 17.1 Å². The molecule has 0 bridgehead atoms. The lowest BCUT2D eigenvalue weighted by atomic mass is 9.85. The van der Waals surface area contributed by atoms with Crippen LogP contribution in [0.4, 0.5) is 34.1 Å². The number of nitrogens with one attached hydrogen (secondary N) is 3. The molecule has 0 amide bonds. The molecule has 0 atom stereocenters. The van der Waals surface area contributed by atoms with Crippen molar-refractivity contribution in [2.24, 2.45) is 0 Å². The summed E-state index contributed by atoms with van der Waals surface area (Å²) in [5.41, 5.74) is 6.81. The van der Waals surface area contributed by atoms with Crippen LogP contribution in [0.25, 0.3) is 0 Å². The Morgan fingerprint density at radius 2 is 0.581 bits per heavy atom. The minimum atomic E-state index is -4.56. The number of aromatic nitrogens is 2. The normalized spacial score (nSPS) is 11.1. The maximum absolute atomic E-state index is 11.3. The van der Waals surface area contributed by atoms with Gasteiger partial charge in [-0.25, -0.2) is 34.4 Å². The van der Waals surface area contributed by atoms with Gasteiger partial charge in [0, 0.05) is 77.1 Å². The predicted octanol–water partition coefficient (Wildman–Crippen LogP) is 4.37. The Labute approximate surface area is 456 Å². The lowest BCUT2D eigenvalue weighted by Crippen LogP contribution is -3.00. The highest BCUT2D eigenvalue weighted by Crippen LogP contribution is 2.35. The molecule has 8 rings (SSSR count). The number of pyridine rings is 2. The van der Waals surface area contributed by atoms with Crippen LogP contribution >= 0.6 is 0 Å². The van der Waals surface area contributed by atoms with Crippen LogP contribution in [-0.2, 0) is 43.4 Å². The van der Waals surface area contributed by atoms with Crippen LogP contribution in [0.3, 0.4) is 0 Å². The largest absolute Gasteiger partial charge is 1.00 e. The number of aryl methyl sites for hydroxylation is 2. The molecule has 2 aromatic heterocycles. The second-order valence-corrected chi connectivity index (χ2v) is 20.7. The van der Waals surface area contributed by atoms with E-state index in [0.717, 1.165) is 46.8 Å². The minimum absolute atomic E-state index is 0. The summed E-state index contributed by atoms with van der Waals surface area (Å²) in [4.78, 5) is -0.961. The number of nitrogens with zero attached hydrogens (tertiary/aromatic N) is 2. The molecule has 3 N–H and O–H groups in total. The van der Waals surface area contributed by atoms with Crippen molar-refractivity contribution in [3.05, 3.63) is 223 Å². The van der Waals surface area contributed by atoms with E-state index in [1.807, 2.05) is 84.9 Å². The molecular formula is C55H56Br2N5O9S3-3. The van der Waals surface area contributed by atoms with Crippen LogP contribution < -0.4 is 59.0 Å². The molecular weight excluding hydrogens is 1130 g/mol. The molecule has 0 saturated heterocycles. The highest BCUT2D eigenvalue weighted by atomic mass is 79.9. The van der Waals surface area contributed by atoms with Crippen molar-refractivity contribution >= 4 is 64.5 Å². The molecule has 0 radical (unpaired) electrons. The van der Waals surface area contributed by atoms with E-state index in [4.69, 9.17) is 0 Å². The average molecular weight is 1190 g/mol. The van der Waals surface area contributed by atoms with Crippen molar-refractivity contribution in [2.75, 3.05) is 16.0 Å². The Balaban J connectivity index is 0.000000447. The maximum Gasteiger partial charge on any atom is 0.168 e. The van der Waals surface area contributed by atoms with E-state index in [9.17, 15) is 38.9 Å². The quantitative estimate of drug-likeness (QED) is 0.0621. The third-order valence-electron chi connectivity index (χ3n) is 11.1. The van der Waals surface area contributed by atoms with Crippen LogP contribution in [0.1, 0.15) is 62.1 Å². The fourth-order valence-corrected chi connectivity index (χ4v) is 8.73. The third-order valence-corrected chi connectivity index (χ3v) is 13.7. The van der Waals surface area contributed by atoms with Crippen LogP contribution in [0, 0.1) is 0 Å². The van der Waals surface area contributed by atoms with Gasteiger partial charge in [0.15, 0.2) is 24.8 Å². The molecule has 6 aromatic carbocycles. The topological polar surface area (TPSA) is 215 Å². The Morgan fingerprint density at radius 1 is 0.365 bits per heavy atom. The molecule has 74 heavy (non-hydrogen) atoms. The minimum Gasteiger partial charge on any atom is -1.00 e. The van der Waals surface area contributed by atoms with Gasteiger partial charge in [0.25, 0.3) is 0 Å². The van der Waals surface area contributed by atoms with E-state index >= 15 is 0 Å². The molecule has 2 heterocycles. The van der Waals surface area contributed by atoms with Gasteiger partial charge in [-0.1, -0.05) is 75.2 Å². The molecule has 0 spiro atoms. The van der Waals surface area contributed by atoms with Gasteiger partial charge >= 0.3 is 0 Å². The summed E-state index contributed by atoms with van der Waals surface area (Å²) in [5, 5.41) is 9.59. The number of benzene rings is 6. The summed E-state index contributed by atoms with van der Waals surface area (Å²) < 4.78 is 106. The van der Waals surface area contributed by atoms with Gasteiger partial charge in [-0.2, -0.15) is 0 Å². The molecule has 0 saturated carbocycles. The molecule has 390 valence electrons. The molecule has 8 aromatic rings. The highest BCUT2D eigenvalue weighted by molar-refractivity contribution is 7.86. The average Bonchev–Trinajstić information content (AvgIpc) is 3.37. The van der Waals surface area contributed by atoms with Gasteiger partial charge in [-0.15, -0.1) is 0 Å². The number of hydrogen-bond acceptors (Lipinski definition) is 12. The number of unbranched alkanes of at least 4 members (excludes halogenated alkanes) is 2. The van der Waals surface area contributed by atoms with Crippen LogP contribution in [0.2, 0.25) is 0 Å². The zero-order chi connectivity index (χ0) is 51.6. The van der Waals surface area contributed by atoms with E-state index in [2.05, 4.69) is 88.0 Å². The lowest BCUT2D eigenvalue weighted by Gasteiger charge is -2.21. The zero-order valence-corrected chi connectivity index (χ0v) is 46.1. The third kappa shape index (κ3) is 19.2. The molecule has 0 aliphatic rings. The Kier molecular flexibility index (Phi) is 23.6. The van der Waals surface area contributed by atoms with Gasteiger partial charge in [-0.3, -0.25) is 0 Å². The predicted molar refractivity (Wildman–Crippen MR) is 276 cm³/mol. The number of anilines is 6. The van der Waals surface area contributed by atoms with Crippen molar-refractivity contribution in [3.8, 4) is 0 Å². The van der Waals surface area contributed by atoms with Gasteiger partial charge < -0.3 is 63.6 Å². The summed E-state index contributed by atoms with van der Waals surface area (Å²) in [6.45, 7) is 6.72. The first-order chi connectivity index (χ1) is 34.5.